The number of nitrogen functional groups attached to an aromatic ring is 1. The summed E-state index contributed by atoms with van der Waals surface area (Å²) in [5.41, 5.74) is 4.65. The lowest BCUT2D eigenvalue weighted by atomic mass is 10.2. The molecule has 0 bridgehead atoms. The van der Waals surface area contributed by atoms with Crippen molar-refractivity contribution in [1.29, 1.82) is 0 Å². The van der Waals surface area contributed by atoms with Gasteiger partial charge in [0.05, 0.1) is 8.57 Å². The second-order valence-electron chi connectivity index (χ2n) is 2.98. The molecule has 0 fully saturated rings. The Bertz CT molecular complexity index is 482. The molecule has 2 nitrogen and oxygen atoms in total. The maximum atomic E-state index is 5.41. The molecule has 0 amide bonds. The van der Waals surface area contributed by atoms with Crippen molar-refractivity contribution in [2.75, 3.05) is 5.43 Å². The second-order valence-corrected chi connectivity index (χ2v) is 6.44. The Kier molecular flexibility index (Phi) is 3.55. The summed E-state index contributed by atoms with van der Waals surface area (Å²) in [7, 11) is 0. The third-order valence-electron chi connectivity index (χ3n) is 2.01. The third-order valence-corrected chi connectivity index (χ3v) is 4.34. The zero-order valence-corrected chi connectivity index (χ0v) is 11.6. The molecule has 0 spiro atoms. The average molecular weight is 348 g/mol. The van der Waals surface area contributed by atoms with E-state index in [-0.39, 0.29) is 0 Å². The number of halogens is 1. The number of benzene rings is 1. The van der Waals surface area contributed by atoms with Crippen molar-refractivity contribution in [1.82, 2.24) is 0 Å². The van der Waals surface area contributed by atoms with E-state index >= 15 is 0 Å². The monoisotopic (exact) mass is 348 g/mol. The highest BCUT2D eigenvalue weighted by Crippen LogP contribution is 2.32. The predicted octanol–water partition coefficient (Wildman–Crippen LogP) is 3.59. The van der Waals surface area contributed by atoms with Crippen LogP contribution in [0.1, 0.15) is 0 Å². The van der Waals surface area contributed by atoms with E-state index in [1.54, 1.807) is 11.3 Å². The molecule has 2 rings (SSSR count). The fraction of sp³-hybridized carbons (Fsp3) is 0. The summed E-state index contributed by atoms with van der Waals surface area (Å²) in [6, 6.07) is 10.2. The number of rotatable bonds is 2. The van der Waals surface area contributed by atoms with Crippen LogP contribution in [0.3, 0.4) is 0 Å². The van der Waals surface area contributed by atoms with Gasteiger partial charge < -0.3 is 5.43 Å². The van der Waals surface area contributed by atoms with Crippen molar-refractivity contribution >= 4 is 52.2 Å². The Morgan fingerprint density at radius 3 is 2.67 bits per heavy atom. The van der Waals surface area contributed by atoms with Crippen LogP contribution in [-0.2, 0) is 0 Å². The van der Waals surface area contributed by atoms with Gasteiger partial charge in [-0.1, -0.05) is 6.07 Å². The summed E-state index contributed by atoms with van der Waals surface area (Å²) in [6.07, 6.45) is 0. The van der Waals surface area contributed by atoms with Crippen LogP contribution in [0.5, 0.6) is 0 Å². The summed E-state index contributed by atoms with van der Waals surface area (Å²) in [5.74, 6) is 5.41. The van der Waals surface area contributed by atoms with Crippen LogP contribution < -0.4 is 11.3 Å². The van der Waals surface area contributed by atoms with Gasteiger partial charge in [-0.05, 0) is 52.4 Å². The van der Waals surface area contributed by atoms with E-state index in [1.807, 2.05) is 18.2 Å². The normalized spacial score (nSPS) is 10.3. The molecule has 0 aliphatic rings. The number of nitrogens with two attached hydrogens (primary N) is 1. The number of thiophene rings is 1. The Labute approximate surface area is 111 Å². The molecule has 1 aromatic carbocycles. The van der Waals surface area contributed by atoms with Crippen LogP contribution in [0.25, 0.3) is 10.4 Å². The first-order valence-electron chi connectivity index (χ1n) is 4.26. The number of nitrogens with one attached hydrogen (secondary N) is 1. The summed E-state index contributed by atoms with van der Waals surface area (Å²) >= 11 is 8.38. The highest BCUT2D eigenvalue weighted by atomic mass is 127. The molecule has 0 saturated heterocycles. The Hall–Kier alpha value is -0.240. The lowest BCUT2D eigenvalue weighted by Crippen LogP contribution is -2.07. The minimum Gasteiger partial charge on any atom is -0.323 e. The van der Waals surface area contributed by atoms with Gasteiger partial charge in [0.25, 0.3) is 0 Å². The van der Waals surface area contributed by atoms with E-state index in [9.17, 15) is 0 Å². The molecule has 1 heterocycles. The summed E-state index contributed by atoms with van der Waals surface area (Å²) in [5, 5.41) is 0. The fourth-order valence-corrected chi connectivity index (χ4v) is 3.10. The minimum absolute atomic E-state index is 0.847. The topological polar surface area (TPSA) is 38.0 Å². The van der Waals surface area contributed by atoms with Gasteiger partial charge in [-0.2, -0.15) is 0 Å². The quantitative estimate of drug-likeness (QED) is 0.336. The number of hydrogen-bond acceptors (Lipinski definition) is 4. The predicted molar refractivity (Wildman–Crippen MR) is 77.5 cm³/mol. The van der Waals surface area contributed by atoms with Gasteiger partial charge in [-0.25, -0.2) is 0 Å². The Morgan fingerprint density at radius 2 is 2.07 bits per heavy atom. The number of hydrogen-bond donors (Lipinski definition) is 3. The molecule has 0 unspecified atom stereocenters. The van der Waals surface area contributed by atoms with E-state index in [1.165, 1.54) is 7.76 Å². The van der Waals surface area contributed by atoms with E-state index in [2.05, 4.69) is 52.8 Å². The highest BCUT2D eigenvalue weighted by molar-refractivity contribution is 14.1. The maximum Gasteiger partial charge on any atom is 0.0660 e. The molecule has 0 atom stereocenters. The van der Waals surface area contributed by atoms with Gasteiger partial charge in [0, 0.05) is 9.77 Å². The number of anilines is 1. The van der Waals surface area contributed by atoms with Gasteiger partial charge in [0.1, 0.15) is 0 Å². The van der Waals surface area contributed by atoms with E-state index in [0.29, 0.717) is 0 Å². The molecule has 1 aromatic heterocycles. The van der Waals surface area contributed by atoms with Gasteiger partial charge >= 0.3 is 0 Å². The smallest absolute Gasteiger partial charge is 0.0660 e. The van der Waals surface area contributed by atoms with Crippen LogP contribution in [0.15, 0.2) is 35.2 Å². The molecule has 78 valence electrons. The van der Waals surface area contributed by atoms with Crippen molar-refractivity contribution in [3.05, 3.63) is 33.2 Å². The summed E-state index contributed by atoms with van der Waals surface area (Å²) in [4.78, 5) is 2.09. The van der Waals surface area contributed by atoms with Crippen LogP contribution in [0.4, 0.5) is 5.69 Å². The maximum absolute atomic E-state index is 5.41. The average Bonchev–Trinajstić information content (AvgIpc) is 2.66. The van der Waals surface area contributed by atoms with Gasteiger partial charge in [-0.3, -0.25) is 5.84 Å². The van der Waals surface area contributed by atoms with Gasteiger partial charge in [0.15, 0.2) is 0 Å². The van der Waals surface area contributed by atoms with Crippen molar-refractivity contribution in [2.45, 2.75) is 4.90 Å². The van der Waals surface area contributed by atoms with Crippen molar-refractivity contribution in [2.24, 2.45) is 5.84 Å². The van der Waals surface area contributed by atoms with E-state index in [0.717, 1.165) is 16.1 Å². The molecule has 0 aliphatic carbocycles. The zero-order chi connectivity index (χ0) is 10.8. The van der Waals surface area contributed by atoms with Crippen LogP contribution in [0, 0.1) is 2.88 Å². The number of thiol groups is 1. The van der Waals surface area contributed by atoms with Crippen LogP contribution >= 0.6 is 46.6 Å². The van der Waals surface area contributed by atoms with Gasteiger partial charge in [-0.15, -0.1) is 24.0 Å². The first-order chi connectivity index (χ1) is 7.20. The molecular formula is C10H9IN2S2. The lowest BCUT2D eigenvalue weighted by Gasteiger charge is -2.05. The van der Waals surface area contributed by atoms with Gasteiger partial charge in [0.2, 0.25) is 0 Å². The van der Waals surface area contributed by atoms with Crippen molar-refractivity contribution < 1.29 is 0 Å². The molecule has 15 heavy (non-hydrogen) atoms. The molecule has 0 radical (unpaired) electrons. The lowest BCUT2D eigenvalue weighted by molar-refractivity contribution is 1.30. The SMILES string of the molecule is NNc1cc(-c2ccc(I)s2)ccc1S. The molecule has 0 saturated carbocycles. The fourth-order valence-electron chi connectivity index (χ4n) is 1.27. The first kappa shape index (κ1) is 11.3. The van der Waals surface area contributed by atoms with Crippen LogP contribution in [-0.4, -0.2) is 0 Å². The van der Waals surface area contributed by atoms with Crippen molar-refractivity contribution in [3.63, 3.8) is 0 Å². The van der Waals surface area contributed by atoms with Crippen molar-refractivity contribution in [3.8, 4) is 10.4 Å². The van der Waals surface area contributed by atoms with E-state index in [4.69, 9.17) is 5.84 Å². The first-order valence-corrected chi connectivity index (χ1v) is 6.60. The van der Waals surface area contributed by atoms with E-state index < -0.39 is 0 Å². The summed E-state index contributed by atoms with van der Waals surface area (Å²) in [6.45, 7) is 0. The standard InChI is InChI=1S/C10H9IN2S2/c11-10-4-3-9(15-10)6-1-2-8(14)7(5-6)13-12/h1-5,13-14H,12H2. The molecule has 3 N–H and O–H groups in total. The second kappa shape index (κ2) is 4.73. The largest absolute Gasteiger partial charge is 0.323 e. The zero-order valence-electron chi connectivity index (χ0n) is 7.70. The molecule has 2 aromatic rings. The number of hydrazine groups is 1. The molecule has 0 aliphatic heterocycles. The Morgan fingerprint density at radius 1 is 1.27 bits per heavy atom. The minimum atomic E-state index is 0.847. The summed E-state index contributed by atoms with van der Waals surface area (Å²) < 4.78 is 1.28. The Balaban J connectivity index is 2.45. The highest BCUT2D eigenvalue weighted by Gasteiger charge is 2.04. The third kappa shape index (κ3) is 2.47. The van der Waals surface area contributed by atoms with Crippen LogP contribution in [0.2, 0.25) is 0 Å². The molecule has 5 heteroatoms. The molecular weight excluding hydrogens is 339 g/mol.